The van der Waals surface area contributed by atoms with E-state index in [0.29, 0.717) is 0 Å². The predicted octanol–water partition coefficient (Wildman–Crippen LogP) is 8.29. The summed E-state index contributed by atoms with van der Waals surface area (Å²) in [5, 5.41) is 17.9. The highest BCUT2D eigenvalue weighted by atomic mass is 16.5. The quantitative estimate of drug-likeness (QED) is 0.182. The molecule has 0 bridgehead atoms. The first-order chi connectivity index (χ1) is 18.7. The first-order valence-corrected chi connectivity index (χ1v) is 13.5. The molecule has 6 rings (SSSR count). The van der Waals surface area contributed by atoms with Crippen molar-refractivity contribution in [2.75, 3.05) is 0 Å². The molecule has 2 nitrogen and oxygen atoms in total. The lowest BCUT2D eigenvalue weighted by Crippen LogP contribution is -2.49. The van der Waals surface area contributed by atoms with Gasteiger partial charge in [-0.3, -0.25) is 0 Å². The van der Waals surface area contributed by atoms with Crippen molar-refractivity contribution in [2.45, 2.75) is 38.9 Å². The molecule has 0 aliphatic rings. The van der Waals surface area contributed by atoms with E-state index in [-0.39, 0.29) is 0 Å². The monoisotopic (exact) mass is 507 g/mol. The van der Waals surface area contributed by atoms with Gasteiger partial charge in [-0.15, -0.1) is 0 Å². The molecule has 1 radical (unpaired) electrons. The molecule has 0 saturated carbocycles. The Morgan fingerprint density at radius 1 is 0.513 bits per heavy atom. The third kappa shape index (κ3) is 4.63. The second kappa shape index (κ2) is 9.68. The van der Waals surface area contributed by atoms with E-state index in [1.54, 1.807) is 21.3 Å². The maximum Gasteiger partial charge on any atom is 0.330 e. The Morgan fingerprint density at radius 2 is 1.00 bits per heavy atom. The Morgan fingerprint density at radius 3 is 1.56 bits per heavy atom. The molecular formula is C36H32BO2. The molecule has 0 amide bonds. The molecule has 1 N–H and O–H groups in total. The minimum Gasteiger partial charge on any atom is -0.427 e. The first kappa shape index (κ1) is 25.4. The van der Waals surface area contributed by atoms with E-state index in [0.717, 1.165) is 5.46 Å². The molecule has 0 heterocycles. The van der Waals surface area contributed by atoms with E-state index in [1.807, 2.05) is 13.8 Å². The average molecular weight is 507 g/mol. The smallest absolute Gasteiger partial charge is 0.330 e. The van der Waals surface area contributed by atoms with Crippen molar-refractivity contribution in [3.05, 3.63) is 115 Å². The molecule has 0 fully saturated rings. The second-order valence-corrected chi connectivity index (χ2v) is 11.3. The van der Waals surface area contributed by atoms with Crippen LogP contribution in [0.1, 0.15) is 27.7 Å². The van der Waals surface area contributed by atoms with Gasteiger partial charge in [0.05, 0.1) is 11.2 Å². The summed E-state index contributed by atoms with van der Waals surface area (Å²) < 4.78 is 6.12. The fraction of sp³-hybridized carbons (Fsp3) is 0.167. The van der Waals surface area contributed by atoms with E-state index >= 15 is 0 Å². The van der Waals surface area contributed by atoms with Crippen molar-refractivity contribution in [3.8, 4) is 22.3 Å². The number of benzene rings is 6. The van der Waals surface area contributed by atoms with Gasteiger partial charge in [-0.05, 0) is 94.4 Å². The molecule has 0 atom stereocenters. The molecule has 0 spiro atoms. The van der Waals surface area contributed by atoms with Gasteiger partial charge in [0.25, 0.3) is 0 Å². The molecule has 6 aromatic carbocycles. The molecule has 39 heavy (non-hydrogen) atoms. The van der Waals surface area contributed by atoms with Crippen LogP contribution in [-0.4, -0.2) is 23.8 Å². The number of hydrogen-bond donors (Lipinski definition) is 1. The fourth-order valence-electron chi connectivity index (χ4n) is 5.16. The lowest BCUT2D eigenvalue weighted by Gasteiger charge is -2.37. The molecule has 0 aliphatic heterocycles. The van der Waals surface area contributed by atoms with Gasteiger partial charge < -0.3 is 9.76 Å². The topological polar surface area (TPSA) is 29.5 Å². The molecule has 0 saturated heterocycles. The van der Waals surface area contributed by atoms with Gasteiger partial charge in [0.2, 0.25) is 0 Å². The number of aliphatic hydroxyl groups is 1. The molecule has 0 aliphatic carbocycles. The number of hydrogen-bond acceptors (Lipinski definition) is 2. The number of rotatable bonds is 6. The molecule has 0 aromatic heterocycles. The summed E-state index contributed by atoms with van der Waals surface area (Å²) in [6, 6.07) is 41.1. The minimum absolute atomic E-state index is 0.739. The SMILES string of the molecule is CC(C)(O)C(C)(C)O[B]c1ccc2c(c1)c(-c1ccccc1)cc1c3ccccc3c(-c3ccccc3)cc21. The van der Waals surface area contributed by atoms with Crippen molar-refractivity contribution in [2.24, 2.45) is 0 Å². The second-order valence-electron chi connectivity index (χ2n) is 11.3. The van der Waals surface area contributed by atoms with Crippen molar-refractivity contribution >= 4 is 45.3 Å². The Kier molecular flexibility index (Phi) is 6.30. The zero-order valence-corrected chi connectivity index (χ0v) is 22.9. The Balaban J connectivity index is 1.62. The van der Waals surface area contributed by atoms with Crippen LogP contribution in [0.25, 0.3) is 54.6 Å². The van der Waals surface area contributed by atoms with Crippen LogP contribution in [0.5, 0.6) is 0 Å². The molecule has 6 aromatic rings. The first-order valence-electron chi connectivity index (χ1n) is 13.5. The maximum atomic E-state index is 10.6. The van der Waals surface area contributed by atoms with E-state index in [9.17, 15) is 5.11 Å². The lowest BCUT2D eigenvalue weighted by molar-refractivity contribution is -0.0893. The van der Waals surface area contributed by atoms with Gasteiger partial charge in [-0.25, -0.2) is 0 Å². The summed E-state index contributed by atoms with van der Waals surface area (Å²) in [5.41, 5.74) is 4.04. The minimum atomic E-state index is -0.985. The maximum absolute atomic E-state index is 10.6. The van der Waals surface area contributed by atoms with Crippen LogP contribution in [0.15, 0.2) is 115 Å². The Bertz CT molecular complexity index is 1800. The van der Waals surface area contributed by atoms with Crippen LogP contribution in [-0.2, 0) is 4.65 Å². The standard InChI is InChI=1S/C36H32BO2/c1-35(2,38)36(3,4)39-37-26-19-20-29-32(21-26)31(25-15-9-6-10-16-25)23-33-28-18-12-11-17-27(28)30(22-34(29)33)24-13-7-5-8-14-24/h5-23,38H,1-4H3. The van der Waals surface area contributed by atoms with Crippen molar-refractivity contribution in [1.82, 2.24) is 0 Å². The highest BCUT2D eigenvalue weighted by molar-refractivity contribution is 6.48. The third-order valence-electron chi connectivity index (χ3n) is 8.13. The summed E-state index contributed by atoms with van der Waals surface area (Å²) in [7, 11) is 1.77. The average Bonchev–Trinajstić information content (AvgIpc) is 2.95. The zero-order valence-electron chi connectivity index (χ0n) is 22.9. The van der Waals surface area contributed by atoms with Gasteiger partial charge in [-0.2, -0.15) is 0 Å². The molecule has 3 heteroatoms. The van der Waals surface area contributed by atoms with Gasteiger partial charge >= 0.3 is 7.48 Å². The van der Waals surface area contributed by atoms with E-state index in [1.165, 1.54) is 54.6 Å². The third-order valence-corrected chi connectivity index (χ3v) is 8.13. The molecule has 191 valence electrons. The van der Waals surface area contributed by atoms with Crippen molar-refractivity contribution in [1.29, 1.82) is 0 Å². The Labute approximate surface area is 231 Å². The lowest BCUT2D eigenvalue weighted by atomic mass is 9.80. The Hall–Kier alpha value is -3.92. The summed E-state index contributed by atoms with van der Waals surface area (Å²) >= 11 is 0. The van der Waals surface area contributed by atoms with Crippen LogP contribution in [0.3, 0.4) is 0 Å². The largest absolute Gasteiger partial charge is 0.427 e. The van der Waals surface area contributed by atoms with Gasteiger partial charge in [0, 0.05) is 0 Å². The normalized spacial score (nSPS) is 12.3. The van der Waals surface area contributed by atoms with Crippen LogP contribution >= 0.6 is 0 Å². The zero-order chi connectivity index (χ0) is 27.2. The highest BCUT2D eigenvalue weighted by Gasteiger charge is 2.35. The van der Waals surface area contributed by atoms with Crippen molar-refractivity contribution in [3.63, 3.8) is 0 Å². The number of fused-ring (bicyclic) bond motifs is 5. The summed E-state index contributed by atoms with van der Waals surface area (Å²) in [6.07, 6.45) is 0. The molecule has 0 unspecified atom stereocenters. The highest BCUT2D eigenvalue weighted by Crippen LogP contribution is 2.41. The van der Waals surface area contributed by atoms with Crippen LogP contribution < -0.4 is 5.46 Å². The van der Waals surface area contributed by atoms with Crippen LogP contribution in [0.2, 0.25) is 0 Å². The van der Waals surface area contributed by atoms with Gasteiger partial charge in [0.15, 0.2) is 0 Å². The van der Waals surface area contributed by atoms with E-state index in [2.05, 4.69) is 115 Å². The van der Waals surface area contributed by atoms with Crippen molar-refractivity contribution < 1.29 is 9.76 Å². The van der Waals surface area contributed by atoms with Gasteiger partial charge in [0.1, 0.15) is 0 Å². The van der Waals surface area contributed by atoms with Crippen LogP contribution in [0.4, 0.5) is 0 Å². The van der Waals surface area contributed by atoms with E-state index < -0.39 is 11.2 Å². The molecular weight excluding hydrogens is 475 g/mol. The predicted molar refractivity (Wildman–Crippen MR) is 167 cm³/mol. The summed E-state index contributed by atoms with van der Waals surface area (Å²) in [5.74, 6) is 0. The summed E-state index contributed by atoms with van der Waals surface area (Å²) in [6.45, 7) is 7.36. The summed E-state index contributed by atoms with van der Waals surface area (Å²) in [4.78, 5) is 0. The van der Waals surface area contributed by atoms with E-state index in [4.69, 9.17) is 4.65 Å². The van der Waals surface area contributed by atoms with Crippen LogP contribution in [0, 0.1) is 0 Å². The fourth-order valence-corrected chi connectivity index (χ4v) is 5.16. The van der Waals surface area contributed by atoms with Gasteiger partial charge in [-0.1, -0.05) is 109 Å².